The standard InChI is InChI=1S/C23H18N6O/c1-16-9-8-14-28-21(16)24-20(17-10-4-2-5-11-17)22(28)25-23(30)19-15-29(27-26-19)18-12-6-3-7-13-18/h2-15H,1H3,(H,25,30). The van der Waals surface area contributed by atoms with E-state index in [4.69, 9.17) is 4.98 Å². The van der Waals surface area contributed by atoms with Gasteiger partial charge in [-0.2, -0.15) is 0 Å². The van der Waals surface area contributed by atoms with Crippen LogP contribution in [0, 0.1) is 6.92 Å². The van der Waals surface area contributed by atoms with E-state index in [1.54, 1.807) is 10.9 Å². The van der Waals surface area contributed by atoms with Crippen LogP contribution in [-0.2, 0) is 0 Å². The monoisotopic (exact) mass is 394 g/mol. The van der Waals surface area contributed by atoms with Crippen molar-refractivity contribution in [3.05, 3.63) is 96.4 Å². The quantitative estimate of drug-likeness (QED) is 0.497. The molecule has 1 N–H and O–H groups in total. The van der Waals surface area contributed by atoms with Gasteiger partial charge in [0.2, 0.25) is 0 Å². The summed E-state index contributed by atoms with van der Waals surface area (Å²) in [5.74, 6) is 0.247. The normalized spacial score (nSPS) is 11.0. The number of anilines is 1. The molecule has 2 aromatic carbocycles. The molecule has 0 aliphatic rings. The number of nitrogens with one attached hydrogen (secondary N) is 1. The number of rotatable bonds is 4. The Kier molecular flexibility index (Phi) is 4.33. The first-order valence-corrected chi connectivity index (χ1v) is 9.53. The van der Waals surface area contributed by atoms with Crippen molar-refractivity contribution < 1.29 is 4.79 Å². The largest absolute Gasteiger partial charge is 0.304 e. The van der Waals surface area contributed by atoms with Gasteiger partial charge in [-0.25, -0.2) is 9.67 Å². The van der Waals surface area contributed by atoms with Crippen molar-refractivity contribution in [3.8, 4) is 16.9 Å². The lowest BCUT2D eigenvalue weighted by Crippen LogP contribution is -2.14. The summed E-state index contributed by atoms with van der Waals surface area (Å²) in [5, 5.41) is 11.1. The minimum atomic E-state index is -0.349. The van der Waals surface area contributed by atoms with Crippen LogP contribution in [0.1, 0.15) is 16.1 Å². The summed E-state index contributed by atoms with van der Waals surface area (Å²) in [6.45, 7) is 1.99. The molecule has 7 heteroatoms. The summed E-state index contributed by atoms with van der Waals surface area (Å²) in [6, 6.07) is 23.2. The molecular formula is C23H18N6O. The van der Waals surface area contributed by atoms with Gasteiger partial charge in [0.05, 0.1) is 11.9 Å². The van der Waals surface area contributed by atoms with Crippen LogP contribution >= 0.6 is 0 Å². The van der Waals surface area contributed by atoms with Crippen molar-refractivity contribution in [2.24, 2.45) is 0 Å². The number of benzene rings is 2. The van der Waals surface area contributed by atoms with Crippen LogP contribution in [-0.4, -0.2) is 30.3 Å². The van der Waals surface area contributed by atoms with Gasteiger partial charge < -0.3 is 5.32 Å². The van der Waals surface area contributed by atoms with E-state index in [0.717, 1.165) is 22.5 Å². The molecule has 0 saturated heterocycles. The number of aromatic nitrogens is 5. The minimum absolute atomic E-state index is 0.223. The van der Waals surface area contributed by atoms with Crippen molar-refractivity contribution in [2.45, 2.75) is 6.92 Å². The maximum absolute atomic E-state index is 13.0. The maximum Gasteiger partial charge on any atom is 0.279 e. The topological polar surface area (TPSA) is 77.1 Å². The molecule has 0 aliphatic heterocycles. The Labute approximate surface area is 172 Å². The lowest BCUT2D eigenvalue weighted by atomic mass is 10.1. The molecule has 146 valence electrons. The van der Waals surface area contributed by atoms with E-state index in [-0.39, 0.29) is 11.6 Å². The van der Waals surface area contributed by atoms with Gasteiger partial charge in [0, 0.05) is 11.8 Å². The van der Waals surface area contributed by atoms with Crippen LogP contribution in [0.3, 0.4) is 0 Å². The lowest BCUT2D eigenvalue weighted by molar-refractivity contribution is 0.102. The third-order valence-corrected chi connectivity index (χ3v) is 4.87. The van der Waals surface area contributed by atoms with Crippen molar-refractivity contribution in [1.29, 1.82) is 0 Å². The summed E-state index contributed by atoms with van der Waals surface area (Å²) < 4.78 is 3.46. The van der Waals surface area contributed by atoms with Crippen LogP contribution in [0.15, 0.2) is 85.2 Å². The molecule has 0 radical (unpaired) electrons. The Bertz CT molecular complexity index is 1340. The van der Waals surface area contributed by atoms with Gasteiger partial charge in [0.1, 0.15) is 17.2 Å². The molecule has 0 bridgehead atoms. The van der Waals surface area contributed by atoms with Gasteiger partial charge in [-0.3, -0.25) is 9.20 Å². The molecule has 0 atom stereocenters. The zero-order chi connectivity index (χ0) is 20.5. The summed E-state index contributed by atoms with van der Waals surface area (Å²) in [4.78, 5) is 17.8. The molecule has 1 amide bonds. The molecule has 3 heterocycles. The third kappa shape index (κ3) is 3.12. The first-order chi connectivity index (χ1) is 14.7. The maximum atomic E-state index is 13.0. The summed E-state index contributed by atoms with van der Waals surface area (Å²) in [6.07, 6.45) is 3.50. The fraction of sp³-hybridized carbons (Fsp3) is 0.0435. The molecule has 0 aliphatic carbocycles. The van der Waals surface area contributed by atoms with E-state index in [9.17, 15) is 4.79 Å². The van der Waals surface area contributed by atoms with Crippen LogP contribution in [0.2, 0.25) is 0 Å². The Hall–Kier alpha value is -4.26. The van der Waals surface area contributed by atoms with E-state index in [2.05, 4.69) is 15.6 Å². The van der Waals surface area contributed by atoms with Gasteiger partial charge >= 0.3 is 0 Å². The smallest absolute Gasteiger partial charge is 0.279 e. The zero-order valence-corrected chi connectivity index (χ0v) is 16.2. The van der Waals surface area contributed by atoms with E-state index in [0.29, 0.717) is 11.5 Å². The molecule has 0 fully saturated rings. The number of hydrogen-bond donors (Lipinski definition) is 1. The average molecular weight is 394 g/mol. The molecule has 5 rings (SSSR count). The third-order valence-electron chi connectivity index (χ3n) is 4.87. The fourth-order valence-corrected chi connectivity index (χ4v) is 3.37. The van der Waals surface area contributed by atoms with Crippen molar-refractivity contribution in [1.82, 2.24) is 24.4 Å². The second-order valence-corrected chi connectivity index (χ2v) is 6.90. The SMILES string of the molecule is Cc1cccn2c(NC(=O)c3cn(-c4ccccc4)nn3)c(-c3ccccc3)nc12. The number of carbonyl (C=O) groups is 1. The molecule has 3 aromatic heterocycles. The predicted octanol–water partition coefficient (Wildman–Crippen LogP) is 4.14. The highest BCUT2D eigenvalue weighted by molar-refractivity contribution is 6.04. The van der Waals surface area contributed by atoms with Gasteiger partial charge in [0.25, 0.3) is 5.91 Å². The molecular weight excluding hydrogens is 376 g/mol. The number of hydrogen-bond acceptors (Lipinski definition) is 4. The molecule has 0 unspecified atom stereocenters. The van der Waals surface area contributed by atoms with Gasteiger partial charge in [0.15, 0.2) is 5.69 Å². The molecule has 5 aromatic rings. The molecule has 0 saturated carbocycles. The second-order valence-electron chi connectivity index (χ2n) is 6.90. The Morgan fingerprint density at radius 1 is 0.933 bits per heavy atom. The highest BCUT2D eigenvalue weighted by Gasteiger charge is 2.20. The first kappa shape index (κ1) is 17.8. The van der Waals surface area contributed by atoms with Gasteiger partial charge in [-0.1, -0.05) is 59.8 Å². The van der Waals surface area contributed by atoms with Crippen molar-refractivity contribution in [2.75, 3.05) is 5.32 Å². The van der Waals surface area contributed by atoms with Crippen molar-refractivity contribution >= 4 is 17.4 Å². The van der Waals surface area contributed by atoms with E-state index >= 15 is 0 Å². The van der Waals surface area contributed by atoms with E-state index in [1.165, 1.54) is 0 Å². The number of carbonyl (C=O) groups excluding carboxylic acids is 1. The minimum Gasteiger partial charge on any atom is -0.304 e. The molecule has 7 nitrogen and oxygen atoms in total. The van der Waals surface area contributed by atoms with Crippen LogP contribution in [0.25, 0.3) is 22.6 Å². The number of fused-ring (bicyclic) bond motifs is 1. The summed E-state index contributed by atoms with van der Waals surface area (Å²) >= 11 is 0. The number of para-hydroxylation sites is 1. The number of amides is 1. The van der Waals surface area contributed by atoms with E-state index in [1.807, 2.05) is 90.3 Å². The highest BCUT2D eigenvalue weighted by Crippen LogP contribution is 2.30. The number of pyridine rings is 1. The number of aryl methyl sites for hydroxylation is 1. The van der Waals surface area contributed by atoms with Crippen LogP contribution in [0.5, 0.6) is 0 Å². The zero-order valence-electron chi connectivity index (χ0n) is 16.2. The lowest BCUT2D eigenvalue weighted by Gasteiger charge is -2.06. The van der Waals surface area contributed by atoms with Crippen LogP contribution < -0.4 is 5.32 Å². The second kappa shape index (κ2) is 7.29. The Morgan fingerprint density at radius 3 is 2.43 bits per heavy atom. The summed E-state index contributed by atoms with van der Waals surface area (Å²) in [7, 11) is 0. The van der Waals surface area contributed by atoms with Gasteiger partial charge in [-0.05, 0) is 30.7 Å². The fourth-order valence-electron chi connectivity index (χ4n) is 3.37. The average Bonchev–Trinajstić information content (AvgIpc) is 3.42. The van der Waals surface area contributed by atoms with Crippen LogP contribution in [0.4, 0.5) is 5.82 Å². The van der Waals surface area contributed by atoms with E-state index < -0.39 is 0 Å². The Balaban J connectivity index is 1.55. The molecule has 30 heavy (non-hydrogen) atoms. The number of imidazole rings is 1. The number of nitrogens with zero attached hydrogens (tertiary/aromatic N) is 5. The highest BCUT2D eigenvalue weighted by atomic mass is 16.2. The Morgan fingerprint density at radius 2 is 1.67 bits per heavy atom. The van der Waals surface area contributed by atoms with Crippen molar-refractivity contribution in [3.63, 3.8) is 0 Å². The van der Waals surface area contributed by atoms with Gasteiger partial charge in [-0.15, -0.1) is 5.10 Å². The first-order valence-electron chi connectivity index (χ1n) is 9.53. The predicted molar refractivity (Wildman–Crippen MR) is 115 cm³/mol. The molecule has 0 spiro atoms. The summed E-state index contributed by atoms with van der Waals surface area (Å²) in [5.41, 5.74) is 4.49.